The number of ether oxygens (including phenoxy) is 1. The van der Waals surface area contributed by atoms with Crippen LogP contribution in [0, 0.1) is 11.8 Å². The number of hydrogen-bond acceptors (Lipinski definition) is 3. The summed E-state index contributed by atoms with van der Waals surface area (Å²) in [5.41, 5.74) is -1.45. The lowest BCUT2D eigenvalue weighted by Gasteiger charge is -2.12. The van der Waals surface area contributed by atoms with Crippen LogP contribution in [0.2, 0.25) is 0 Å². The van der Waals surface area contributed by atoms with E-state index in [1.807, 2.05) is 0 Å². The number of cyclic esters (lactones) is 1. The van der Waals surface area contributed by atoms with Crippen LogP contribution in [0.4, 0.5) is 0 Å². The van der Waals surface area contributed by atoms with Crippen molar-refractivity contribution in [3.63, 3.8) is 0 Å². The van der Waals surface area contributed by atoms with Crippen molar-refractivity contribution < 1.29 is 31.5 Å². The minimum atomic E-state index is -4.12. The second-order valence-corrected chi connectivity index (χ2v) is 2.50. The van der Waals surface area contributed by atoms with E-state index in [9.17, 15) is 4.79 Å². The Labute approximate surface area is 112 Å². The predicted molar refractivity (Wildman–Crippen MR) is 55.1 cm³/mol. The van der Waals surface area contributed by atoms with Crippen LogP contribution in [-0.4, -0.2) is 22.1 Å². The molecule has 2 rings (SSSR count). The Morgan fingerprint density at radius 3 is 3.80 bits per heavy atom. The number of aromatic nitrogens is 2. The van der Waals surface area contributed by atoms with Crippen molar-refractivity contribution in [2.45, 2.75) is 19.6 Å². The lowest BCUT2D eigenvalue weighted by atomic mass is 9.89. The molecule has 1 aromatic rings. The van der Waals surface area contributed by atoms with Crippen molar-refractivity contribution in [2.24, 2.45) is 18.8 Å². The number of carbonyl (C=O) groups is 1. The Balaban J connectivity index is 3.03. The van der Waals surface area contributed by atoms with Gasteiger partial charge in [0.25, 0.3) is 0 Å². The zero-order chi connectivity index (χ0) is 24.8. The molecule has 1 aliphatic heterocycles. The second kappa shape index (κ2) is 4.04. The molecular weight excluding hydrogens is 192 g/mol. The summed E-state index contributed by atoms with van der Waals surface area (Å²) >= 11 is 0. The van der Waals surface area contributed by atoms with Gasteiger partial charge in [0.1, 0.15) is 1.37 Å². The quantitative estimate of drug-likeness (QED) is 0.724. The molecule has 1 fully saturated rings. The van der Waals surface area contributed by atoms with Gasteiger partial charge in [-0.05, 0) is 12.7 Å². The van der Waals surface area contributed by atoms with E-state index in [-0.39, 0.29) is 4.57 Å². The zero-order valence-electron chi connectivity index (χ0n) is 23.2. The van der Waals surface area contributed by atoms with Crippen LogP contribution < -0.4 is 0 Å². The number of hydrogen-bond donors (Lipinski definition) is 0. The topological polar surface area (TPSA) is 44.1 Å². The van der Waals surface area contributed by atoms with Gasteiger partial charge >= 0.3 is 5.97 Å². The molecular formula is C11H16N2O2. The van der Waals surface area contributed by atoms with Gasteiger partial charge in [0.2, 0.25) is 0 Å². The molecule has 4 heteroatoms. The highest BCUT2D eigenvalue weighted by Gasteiger charge is 2.35. The molecule has 0 amide bonds. The third kappa shape index (κ3) is 1.89. The number of carbonyl (C=O) groups excluding carboxylic acids is 1. The van der Waals surface area contributed by atoms with E-state index in [0.29, 0.717) is 0 Å². The van der Waals surface area contributed by atoms with Gasteiger partial charge in [0, 0.05) is 41.2 Å². The van der Waals surface area contributed by atoms with Crippen molar-refractivity contribution >= 4 is 5.97 Å². The van der Waals surface area contributed by atoms with Crippen molar-refractivity contribution in [1.82, 2.24) is 9.55 Å². The van der Waals surface area contributed by atoms with Gasteiger partial charge in [-0.15, -0.1) is 0 Å². The van der Waals surface area contributed by atoms with Crippen molar-refractivity contribution in [3.05, 3.63) is 18.2 Å². The Morgan fingerprint density at radius 1 is 2.07 bits per heavy atom. The monoisotopic (exact) mass is 224 g/mol. The van der Waals surface area contributed by atoms with Crippen molar-refractivity contribution in [2.75, 3.05) is 6.56 Å². The molecule has 4 nitrogen and oxygen atoms in total. The average molecular weight is 224 g/mol. The number of rotatable bonds is 3. The molecule has 0 aromatic carbocycles. The van der Waals surface area contributed by atoms with Gasteiger partial charge in [0.15, 0.2) is 0 Å². The van der Waals surface area contributed by atoms with E-state index in [1.165, 1.54) is 0 Å². The number of nitrogens with zero attached hydrogens (tertiary/aromatic N) is 2. The van der Waals surface area contributed by atoms with Crippen LogP contribution in [0.25, 0.3) is 0 Å². The van der Waals surface area contributed by atoms with Gasteiger partial charge in [-0.25, -0.2) is 4.98 Å². The second-order valence-electron chi connectivity index (χ2n) is 2.50. The zero-order valence-corrected chi connectivity index (χ0v) is 7.21. The lowest BCUT2D eigenvalue weighted by molar-refractivity contribution is -0.141. The summed E-state index contributed by atoms with van der Waals surface area (Å²) < 4.78 is 129. The summed E-state index contributed by atoms with van der Waals surface area (Å²) in [6, 6.07) is 0. The van der Waals surface area contributed by atoms with E-state index in [2.05, 4.69) is 9.72 Å². The maximum atomic E-state index is 12.4. The van der Waals surface area contributed by atoms with Crippen LogP contribution in [0.3, 0.4) is 0 Å². The third-order valence-electron chi connectivity index (χ3n) is 1.60. The fourth-order valence-corrected chi connectivity index (χ4v) is 0.933. The van der Waals surface area contributed by atoms with E-state index >= 15 is 0 Å². The van der Waals surface area contributed by atoms with E-state index in [0.717, 1.165) is 0 Å². The van der Waals surface area contributed by atoms with E-state index in [4.69, 9.17) is 21.9 Å². The predicted octanol–water partition coefficient (Wildman–Crippen LogP) is 1.16. The SMILES string of the molecule is [2H]c1nc([2H])n(C([2H])([2H])[2H])c1C([2H])([2H])[C@@]1([2H])C([2H])([2H])OC(=O)[C@@]1([2H])C([2H])([2H])C([2H])([2H])[2H]. The highest BCUT2D eigenvalue weighted by atomic mass is 16.5. The highest BCUT2D eigenvalue weighted by molar-refractivity contribution is 5.74. The van der Waals surface area contributed by atoms with Crippen LogP contribution in [0.5, 0.6) is 0 Å². The minimum absolute atomic E-state index is 0.157. The Morgan fingerprint density at radius 2 is 3.00 bits per heavy atom. The molecule has 0 bridgehead atoms. The Kier molecular flexibility index (Phi) is 0.630. The first-order chi connectivity index (χ1) is 13.4. The van der Waals surface area contributed by atoms with Gasteiger partial charge in [-0.1, -0.05) is 6.85 Å². The molecule has 82 valence electrons. The number of imidazole rings is 1. The largest absolute Gasteiger partial charge is 0.465 e. The number of esters is 1. The molecule has 0 saturated carbocycles. The first-order valence-corrected chi connectivity index (χ1v) is 3.73. The molecule has 1 aromatic heterocycles. The average Bonchev–Trinajstić information content (AvgIpc) is 2.92. The molecule has 2 atom stereocenters. The standard InChI is InChI=1S/C11H16N2O2/c1-3-10-8(6-15-11(10)14)4-9-5-12-7-13(9)2/h5,7-8,10H,3-4,6H2,1-2H3/t8-,10-/m0/s1/i1D3,2D3,3D2,4D2,5D,6D2,7D,8D,10D. The van der Waals surface area contributed by atoms with E-state index in [1.54, 1.807) is 0 Å². The van der Waals surface area contributed by atoms with Gasteiger partial charge < -0.3 is 9.30 Å². The third-order valence-corrected chi connectivity index (χ3v) is 1.60. The fourth-order valence-electron chi connectivity index (χ4n) is 0.933. The van der Waals surface area contributed by atoms with Gasteiger partial charge in [-0.2, -0.15) is 0 Å². The summed E-state index contributed by atoms with van der Waals surface area (Å²) in [4.78, 5) is 15.6. The minimum Gasteiger partial charge on any atom is -0.465 e. The molecule has 2 heterocycles. The summed E-state index contributed by atoms with van der Waals surface area (Å²) in [5, 5.41) is 0. The molecule has 0 unspecified atom stereocenters. The Bertz CT molecular complexity index is 916. The highest BCUT2D eigenvalue weighted by Crippen LogP contribution is 2.27. The van der Waals surface area contributed by atoms with Crippen LogP contribution in [0.15, 0.2) is 12.5 Å². The van der Waals surface area contributed by atoms with Gasteiger partial charge in [-0.3, -0.25) is 4.79 Å². The maximum Gasteiger partial charge on any atom is 0.309 e. The molecule has 1 aliphatic rings. The normalized spacial score (nSPS) is 58.0. The van der Waals surface area contributed by atoms with Gasteiger partial charge in [0.05, 0.1) is 22.9 Å². The molecule has 1 saturated heterocycles. The molecule has 0 spiro atoms. The Hall–Kier alpha value is -1.32. The fraction of sp³-hybridized carbons (Fsp3) is 0.636. The summed E-state index contributed by atoms with van der Waals surface area (Å²) in [5.74, 6) is -10.4. The molecule has 0 aliphatic carbocycles. The summed E-state index contributed by atoms with van der Waals surface area (Å²) in [6.45, 7) is -11.1. The van der Waals surface area contributed by atoms with Crippen molar-refractivity contribution in [3.8, 4) is 0 Å². The first-order valence-electron chi connectivity index (χ1n) is 11.7. The molecule has 15 heavy (non-hydrogen) atoms. The molecule has 0 radical (unpaired) electrons. The summed E-state index contributed by atoms with van der Waals surface area (Å²) in [7, 11) is 0. The first kappa shape index (κ1) is 2.34. The van der Waals surface area contributed by atoms with E-state index < -0.39 is 69.1 Å². The molecule has 0 N–H and O–H groups in total. The van der Waals surface area contributed by atoms with Crippen LogP contribution in [-0.2, 0) is 22.9 Å². The van der Waals surface area contributed by atoms with Crippen molar-refractivity contribution in [1.29, 1.82) is 0 Å². The smallest absolute Gasteiger partial charge is 0.309 e. The summed E-state index contributed by atoms with van der Waals surface area (Å²) in [6.07, 6.45) is -10.5. The lowest BCUT2D eigenvalue weighted by Crippen LogP contribution is -2.18. The maximum absolute atomic E-state index is 12.4. The van der Waals surface area contributed by atoms with Crippen LogP contribution in [0.1, 0.15) is 40.9 Å². The van der Waals surface area contributed by atoms with Crippen LogP contribution >= 0.6 is 0 Å².